The molecule has 14 heavy (non-hydrogen) atoms. The maximum atomic E-state index is 8.69. The molecule has 3 heteroatoms. The summed E-state index contributed by atoms with van der Waals surface area (Å²) in [6, 6.07) is 7.25. The number of halogens is 1. The molecule has 0 amide bonds. The second-order valence-electron chi connectivity index (χ2n) is 2.83. The van der Waals surface area contributed by atoms with E-state index in [1.807, 2.05) is 12.2 Å². The van der Waals surface area contributed by atoms with Crippen molar-refractivity contribution in [3.8, 4) is 6.07 Å². The molecule has 0 heterocycles. The molecule has 2 N–H and O–H groups in total. The van der Waals surface area contributed by atoms with Gasteiger partial charge < -0.3 is 5.73 Å². The third-order valence-corrected chi connectivity index (χ3v) is 2.10. The summed E-state index contributed by atoms with van der Waals surface area (Å²) in [6.07, 6.45) is 4.64. The molecule has 0 aliphatic carbocycles. The summed E-state index contributed by atoms with van der Waals surface area (Å²) in [5.41, 5.74) is 6.82. The van der Waals surface area contributed by atoms with Gasteiger partial charge in [-0.1, -0.05) is 23.8 Å². The summed E-state index contributed by atoms with van der Waals surface area (Å²) in [7, 11) is 0. The van der Waals surface area contributed by atoms with Gasteiger partial charge in [-0.05, 0) is 36.7 Å². The summed E-state index contributed by atoms with van der Waals surface area (Å²) in [6.45, 7) is 0.617. The Balaban J connectivity index is 2.90. The van der Waals surface area contributed by atoms with Gasteiger partial charge in [0.1, 0.15) is 0 Å². The molecule has 0 bridgehead atoms. The van der Waals surface area contributed by atoms with Gasteiger partial charge in [0.2, 0.25) is 0 Å². The van der Waals surface area contributed by atoms with Crippen LogP contribution in [0.15, 0.2) is 24.3 Å². The van der Waals surface area contributed by atoms with Crippen molar-refractivity contribution >= 4 is 17.7 Å². The first kappa shape index (κ1) is 10.8. The van der Waals surface area contributed by atoms with Crippen molar-refractivity contribution in [1.82, 2.24) is 0 Å². The molecule has 1 rings (SSSR count). The third-order valence-electron chi connectivity index (χ3n) is 1.76. The minimum Gasteiger partial charge on any atom is -0.330 e. The molecule has 0 saturated heterocycles. The minimum absolute atomic E-state index is 0.613. The SMILES string of the molecule is N#Cc1ccc(Cl)c(C=CCCN)c1. The molecule has 1 aromatic rings. The highest BCUT2D eigenvalue weighted by molar-refractivity contribution is 6.32. The average molecular weight is 207 g/mol. The fraction of sp³-hybridized carbons (Fsp3) is 0.182. The van der Waals surface area contributed by atoms with Crippen LogP contribution >= 0.6 is 11.6 Å². The van der Waals surface area contributed by atoms with E-state index in [4.69, 9.17) is 22.6 Å². The molecule has 0 atom stereocenters. The van der Waals surface area contributed by atoms with Crippen molar-refractivity contribution in [3.63, 3.8) is 0 Å². The van der Waals surface area contributed by atoms with Crippen LogP contribution in [0.4, 0.5) is 0 Å². The Labute approximate surface area is 88.6 Å². The molecule has 0 fully saturated rings. The number of benzene rings is 1. The van der Waals surface area contributed by atoms with Crippen LogP contribution in [0, 0.1) is 11.3 Å². The summed E-state index contributed by atoms with van der Waals surface area (Å²) < 4.78 is 0. The zero-order valence-corrected chi connectivity index (χ0v) is 8.46. The molecular formula is C11H11ClN2. The molecule has 0 radical (unpaired) electrons. The zero-order chi connectivity index (χ0) is 10.4. The summed E-state index contributed by atoms with van der Waals surface area (Å²) in [5, 5.41) is 9.34. The molecule has 0 aliphatic rings. The van der Waals surface area contributed by atoms with E-state index in [1.165, 1.54) is 0 Å². The van der Waals surface area contributed by atoms with Crippen molar-refractivity contribution in [2.75, 3.05) is 6.54 Å². The number of nitrogens with two attached hydrogens (primary N) is 1. The maximum absolute atomic E-state index is 8.69. The van der Waals surface area contributed by atoms with Crippen LogP contribution in [-0.4, -0.2) is 6.54 Å². The van der Waals surface area contributed by atoms with E-state index in [9.17, 15) is 0 Å². The Hall–Kier alpha value is -1.30. The van der Waals surface area contributed by atoms with Crippen LogP contribution in [0.25, 0.3) is 6.08 Å². The standard InChI is InChI=1S/C11H11ClN2/c12-11-5-4-9(8-14)7-10(11)3-1-2-6-13/h1,3-5,7H,2,6,13H2. The highest BCUT2D eigenvalue weighted by Crippen LogP contribution is 2.18. The molecule has 0 unspecified atom stereocenters. The van der Waals surface area contributed by atoms with E-state index in [1.54, 1.807) is 18.2 Å². The first-order valence-electron chi connectivity index (χ1n) is 4.34. The smallest absolute Gasteiger partial charge is 0.0991 e. The van der Waals surface area contributed by atoms with Crippen LogP contribution in [0.3, 0.4) is 0 Å². The van der Waals surface area contributed by atoms with Crippen LogP contribution < -0.4 is 5.73 Å². The monoisotopic (exact) mass is 206 g/mol. The second-order valence-corrected chi connectivity index (χ2v) is 3.24. The number of nitriles is 1. The molecule has 0 aromatic heterocycles. The van der Waals surface area contributed by atoms with Crippen molar-refractivity contribution in [2.45, 2.75) is 6.42 Å². The second kappa shape index (κ2) is 5.43. The number of rotatable bonds is 3. The highest BCUT2D eigenvalue weighted by atomic mass is 35.5. The zero-order valence-electron chi connectivity index (χ0n) is 7.70. The summed E-state index contributed by atoms with van der Waals surface area (Å²) in [5.74, 6) is 0. The first-order chi connectivity index (χ1) is 6.77. The third kappa shape index (κ3) is 2.88. The molecule has 72 valence electrons. The Bertz CT molecular complexity index is 377. The lowest BCUT2D eigenvalue weighted by Gasteiger charge is -1.98. The largest absolute Gasteiger partial charge is 0.330 e. The predicted octanol–water partition coefficient (Wildman–Crippen LogP) is 2.57. The number of hydrogen-bond donors (Lipinski definition) is 1. The van der Waals surface area contributed by atoms with Gasteiger partial charge in [-0.15, -0.1) is 0 Å². The van der Waals surface area contributed by atoms with Crippen molar-refractivity contribution < 1.29 is 0 Å². The van der Waals surface area contributed by atoms with Gasteiger partial charge in [0.05, 0.1) is 11.6 Å². The Kier molecular flexibility index (Phi) is 4.18. The molecule has 2 nitrogen and oxygen atoms in total. The predicted molar refractivity (Wildman–Crippen MR) is 58.9 cm³/mol. The summed E-state index contributed by atoms with van der Waals surface area (Å²) >= 11 is 5.94. The van der Waals surface area contributed by atoms with Crippen LogP contribution in [-0.2, 0) is 0 Å². The fourth-order valence-electron chi connectivity index (χ4n) is 1.05. The van der Waals surface area contributed by atoms with Gasteiger partial charge in [0.25, 0.3) is 0 Å². The van der Waals surface area contributed by atoms with E-state index in [-0.39, 0.29) is 0 Å². The van der Waals surface area contributed by atoms with E-state index in [2.05, 4.69) is 6.07 Å². The Morgan fingerprint density at radius 1 is 1.50 bits per heavy atom. The van der Waals surface area contributed by atoms with Crippen LogP contribution in [0.2, 0.25) is 5.02 Å². The van der Waals surface area contributed by atoms with E-state index in [0.717, 1.165) is 12.0 Å². The number of nitrogens with zero attached hydrogens (tertiary/aromatic N) is 1. The normalized spacial score (nSPS) is 10.4. The Morgan fingerprint density at radius 3 is 2.93 bits per heavy atom. The average Bonchev–Trinajstić information content (AvgIpc) is 2.21. The van der Waals surface area contributed by atoms with Crippen molar-refractivity contribution in [2.24, 2.45) is 5.73 Å². The minimum atomic E-state index is 0.613. The van der Waals surface area contributed by atoms with E-state index >= 15 is 0 Å². The van der Waals surface area contributed by atoms with Gasteiger partial charge in [0.15, 0.2) is 0 Å². The summed E-state index contributed by atoms with van der Waals surface area (Å²) in [4.78, 5) is 0. The fourth-order valence-corrected chi connectivity index (χ4v) is 1.23. The lowest BCUT2D eigenvalue weighted by molar-refractivity contribution is 1.01. The molecule has 0 aliphatic heterocycles. The Morgan fingerprint density at radius 2 is 2.29 bits per heavy atom. The molecule has 1 aromatic carbocycles. The topological polar surface area (TPSA) is 49.8 Å². The highest BCUT2D eigenvalue weighted by Gasteiger charge is 1.97. The molecule has 0 spiro atoms. The maximum Gasteiger partial charge on any atom is 0.0991 e. The van der Waals surface area contributed by atoms with Gasteiger partial charge in [-0.3, -0.25) is 0 Å². The quantitative estimate of drug-likeness (QED) is 0.827. The lowest BCUT2D eigenvalue weighted by Crippen LogP contribution is -1.95. The van der Waals surface area contributed by atoms with Crippen LogP contribution in [0.1, 0.15) is 17.5 Å². The van der Waals surface area contributed by atoms with Crippen molar-refractivity contribution in [3.05, 3.63) is 40.4 Å². The van der Waals surface area contributed by atoms with E-state index < -0.39 is 0 Å². The number of hydrogen-bond acceptors (Lipinski definition) is 2. The van der Waals surface area contributed by atoms with Gasteiger partial charge in [-0.2, -0.15) is 5.26 Å². The van der Waals surface area contributed by atoms with Gasteiger partial charge in [0, 0.05) is 5.02 Å². The molecule has 0 saturated carbocycles. The van der Waals surface area contributed by atoms with Crippen molar-refractivity contribution in [1.29, 1.82) is 5.26 Å². The van der Waals surface area contributed by atoms with Gasteiger partial charge >= 0.3 is 0 Å². The molecular weight excluding hydrogens is 196 g/mol. The van der Waals surface area contributed by atoms with Crippen LogP contribution in [0.5, 0.6) is 0 Å². The van der Waals surface area contributed by atoms with Gasteiger partial charge in [-0.25, -0.2) is 0 Å². The van der Waals surface area contributed by atoms with E-state index in [0.29, 0.717) is 17.1 Å². The lowest BCUT2D eigenvalue weighted by atomic mass is 10.1. The first-order valence-corrected chi connectivity index (χ1v) is 4.72.